The van der Waals surface area contributed by atoms with E-state index in [0.717, 1.165) is 5.56 Å². The summed E-state index contributed by atoms with van der Waals surface area (Å²) in [5.74, 6) is 1.06. The van der Waals surface area contributed by atoms with Crippen molar-refractivity contribution in [3.8, 4) is 5.75 Å². The number of aryl methyl sites for hydroxylation is 2. The number of hydrogen-bond acceptors (Lipinski definition) is 4. The van der Waals surface area contributed by atoms with Gasteiger partial charge in [0.15, 0.2) is 11.9 Å². The second kappa shape index (κ2) is 4.02. The Kier molecular flexibility index (Phi) is 2.70. The minimum Gasteiger partial charge on any atom is -0.493 e. The summed E-state index contributed by atoms with van der Waals surface area (Å²) in [6.07, 6.45) is 2.26. The van der Waals surface area contributed by atoms with E-state index < -0.39 is 6.10 Å². The number of nitrogens with zero attached hydrogens (tertiary/aromatic N) is 2. The van der Waals surface area contributed by atoms with Crippen molar-refractivity contribution in [3.63, 3.8) is 0 Å². The topological polar surface area (TPSA) is 60.4 Å². The van der Waals surface area contributed by atoms with E-state index in [1.807, 2.05) is 6.92 Å². The Balaban J connectivity index is 2.44. The van der Waals surface area contributed by atoms with Crippen LogP contribution in [0.5, 0.6) is 5.75 Å². The Morgan fingerprint density at radius 3 is 2.88 bits per heavy atom. The molecule has 0 saturated carbocycles. The number of aromatic nitrogens is 2. The van der Waals surface area contributed by atoms with Crippen molar-refractivity contribution < 1.29 is 14.3 Å². The fraction of sp³-hybridized carbons (Fsp3) is 0.364. The maximum Gasteiger partial charge on any atom is 0.163 e. The summed E-state index contributed by atoms with van der Waals surface area (Å²) >= 11 is 0. The SMILES string of the molecule is COc1cnn(C)c1C(O)c1occc1C. The van der Waals surface area contributed by atoms with Gasteiger partial charge in [0.2, 0.25) is 0 Å². The Hall–Kier alpha value is -1.75. The third-order valence-electron chi connectivity index (χ3n) is 2.58. The fourth-order valence-electron chi connectivity index (χ4n) is 1.68. The van der Waals surface area contributed by atoms with Gasteiger partial charge in [-0.05, 0) is 18.6 Å². The molecule has 0 fully saturated rings. The van der Waals surface area contributed by atoms with Crippen LogP contribution in [0.3, 0.4) is 0 Å². The molecule has 2 aromatic heterocycles. The molecule has 2 aromatic rings. The number of methoxy groups -OCH3 is 1. The summed E-state index contributed by atoms with van der Waals surface area (Å²) in [5, 5.41) is 14.2. The Labute approximate surface area is 93.3 Å². The molecule has 1 atom stereocenters. The van der Waals surface area contributed by atoms with Crippen molar-refractivity contribution in [2.24, 2.45) is 7.05 Å². The summed E-state index contributed by atoms with van der Waals surface area (Å²) in [6, 6.07) is 1.81. The molecule has 0 radical (unpaired) electrons. The summed E-state index contributed by atoms with van der Waals surface area (Å²) in [7, 11) is 3.29. The van der Waals surface area contributed by atoms with Crippen LogP contribution >= 0.6 is 0 Å². The number of aliphatic hydroxyl groups excluding tert-OH is 1. The molecule has 2 rings (SSSR count). The highest BCUT2D eigenvalue weighted by atomic mass is 16.5. The fourth-order valence-corrected chi connectivity index (χ4v) is 1.68. The second-order valence-electron chi connectivity index (χ2n) is 3.59. The lowest BCUT2D eigenvalue weighted by atomic mass is 10.1. The highest BCUT2D eigenvalue weighted by Gasteiger charge is 2.23. The lowest BCUT2D eigenvalue weighted by molar-refractivity contribution is 0.174. The Bertz CT molecular complexity index is 487. The van der Waals surface area contributed by atoms with Crippen LogP contribution in [0.15, 0.2) is 22.9 Å². The number of ether oxygens (including phenoxy) is 1. The maximum atomic E-state index is 10.2. The van der Waals surface area contributed by atoms with E-state index in [-0.39, 0.29) is 0 Å². The van der Waals surface area contributed by atoms with Gasteiger partial charge in [-0.15, -0.1) is 0 Å². The molecule has 2 heterocycles. The Morgan fingerprint density at radius 2 is 2.31 bits per heavy atom. The molecule has 0 aliphatic rings. The first-order valence-electron chi connectivity index (χ1n) is 4.93. The summed E-state index contributed by atoms with van der Waals surface area (Å²) in [6.45, 7) is 1.88. The van der Waals surface area contributed by atoms with E-state index in [2.05, 4.69) is 5.10 Å². The van der Waals surface area contributed by atoms with Gasteiger partial charge in [0.25, 0.3) is 0 Å². The molecule has 1 unspecified atom stereocenters. The average molecular weight is 222 g/mol. The number of furan rings is 1. The summed E-state index contributed by atoms with van der Waals surface area (Å²) in [5.41, 5.74) is 1.48. The molecule has 5 heteroatoms. The predicted octanol–water partition coefficient (Wildman–Crippen LogP) is 1.41. The zero-order valence-electron chi connectivity index (χ0n) is 9.47. The van der Waals surface area contributed by atoms with Crippen LogP contribution in [0, 0.1) is 6.92 Å². The van der Waals surface area contributed by atoms with E-state index >= 15 is 0 Å². The highest BCUT2D eigenvalue weighted by molar-refractivity contribution is 5.33. The molecule has 16 heavy (non-hydrogen) atoms. The lowest BCUT2D eigenvalue weighted by Crippen LogP contribution is -2.08. The normalized spacial score (nSPS) is 12.8. The van der Waals surface area contributed by atoms with Gasteiger partial charge >= 0.3 is 0 Å². The Morgan fingerprint density at radius 1 is 1.56 bits per heavy atom. The maximum absolute atomic E-state index is 10.2. The third kappa shape index (κ3) is 1.59. The van der Waals surface area contributed by atoms with Gasteiger partial charge < -0.3 is 14.3 Å². The molecule has 0 aliphatic carbocycles. The number of aliphatic hydroxyl groups is 1. The molecule has 0 spiro atoms. The minimum atomic E-state index is -0.863. The van der Waals surface area contributed by atoms with E-state index in [1.165, 1.54) is 0 Å². The third-order valence-corrected chi connectivity index (χ3v) is 2.58. The first-order valence-corrected chi connectivity index (χ1v) is 4.93. The molecule has 0 bridgehead atoms. The molecular weight excluding hydrogens is 208 g/mol. The molecule has 0 amide bonds. The molecule has 0 aromatic carbocycles. The highest BCUT2D eigenvalue weighted by Crippen LogP contribution is 2.31. The van der Waals surface area contributed by atoms with Gasteiger partial charge in [-0.2, -0.15) is 5.10 Å². The van der Waals surface area contributed by atoms with E-state index in [4.69, 9.17) is 9.15 Å². The zero-order valence-corrected chi connectivity index (χ0v) is 9.47. The molecule has 0 aliphatic heterocycles. The molecule has 1 N–H and O–H groups in total. The van der Waals surface area contributed by atoms with Gasteiger partial charge in [0.05, 0.1) is 19.6 Å². The molecule has 86 valence electrons. The molecule has 5 nitrogen and oxygen atoms in total. The van der Waals surface area contributed by atoms with Crippen LogP contribution in [0.1, 0.15) is 23.1 Å². The van der Waals surface area contributed by atoms with Crippen molar-refractivity contribution in [2.45, 2.75) is 13.0 Å². The van der Waals surface area contributed by atoms with E-state index in [9.17, 15) is 5.11 Å². The van der Waals surface area contributed by atoms with Gasteiger partial charge in [-0.1, -0.05) is 0 Å². The summed E-state index contributed by atoms with van der Waals surface area (Å²) < 4.78 is 12.0. The average Bonchev–Trinajstić information content (AvgIpc) is 2.83. The zero-order chi connectivity index (χ0) is 11.7. The van der Waals surface area contributed by atoms with Crippen LogP contribution in [0.4, 0.5) is 0 Å². The van der Waals surface area contributed by atoms with Crippen molar-refractivity contribution in [3.05, 3.63) is 35.5 Å². The minimum absolute atomic E-state index is 0.516. The number of rotatable bonds is 3. The molecule has 0 saturated heterocycles. The van der Waals surface area contributed by atoms with Gasteiger partial charge in [-0.3, -0.25) is 4.68 Å². The van der Waals surface area contributed by atoms with Gasteiger partial charge in [0.1, 0.15) is 11.5 Å². The molecular formula is C11H14N2O3. The van der Waals surface area contributed by atoms with Crippen LogP contribution < -0.4 is 4.74 Å². The van der Waals surface area contributed by atoms with Crippen LogP contribution in [-0.4, -0.2) is 22.0 Å². The number of hydrogen-bond donors (Lipinski definition) is 1. The standard InChI is InChI=1S/C11H14N2O3/c1-7-4-5-16-11(7)10(14)9-8(15-3)6-12-13(9)2/h4-6,10,14H,1-3H3. The van der Waals surface area contributed by atoms with Crippen LogP contribution in [-0.2, 0) is 7.05 Å². The van der Waals surface area contributed by atoms with Crippen LogP contribution in [0.2, 0.25) is 0 Å². The van der Waals surface area contributed by atoms with Crippen LogP contribution in [0.25, 0.3) is 0 Å². The smallest absolute Gasteiger partial charge is 0.163 e. The predicted molar refractivity (Wildman–Crippen MR) is 57.3 cm³/mol. The summed E-state index contributed by atoms with van der Waals surface area (Å²) in [4.78, 5) is 0. The van der Waals surface area contributed by atoms with Crippen molar-refractivity contribution in [1.29, 1.82) is 0 Å². The first kappa shape index (κ1) is 10.8. The quantitative estimate of drug-likeness (QED) is 0.853. The monoisotopic (exact) mass is 222 g/mol. The largest absolute Gasteiger partial charge is 0.493 e. The van der Waals surface area contributed by atoms with E-state index in [1.54, 1.807) is 37.4 Å². The lowest BCUT2D eigenvalue weighted by Gasteiger charge is -2.11. The van der Waals surface area contributed by atoms with Gasteiger partial charge in [0, 0.05) is 7.05 Å². The van der Waals surface area contributed by atoms with Crippen molar-refractivity contribution >= 4 is 0 Å². The first-order chi connectivity index (χ1) is 7.65. The van der Waals surface area contributed by atoms with Crippen molar-refractivity contribution in [2.75, 3.05) is 7.11 Å². The van der Waals surface area contributed by atoms with Crippen molar-refractivity contribution in [1.82, 2.24) is 9.78 Å². The second-order valence-corrected chi connectivity index (χ2v) is 3.59. The van der Waals surface area contributed by atoms with E-state index in [0.29, 0.717) is 17.2 Å². The van der Waals surface area contributed by atoms with Gasteiger partial charge in [-0.25, -0.2) is 0 Å².